The molecule has 4 fully saturated rings. The van der Waals surface area contributed by atoms with Crippen LogP contribution < -0.4 is 0 Å². The number of ether oxygens (including phenoxy) is 3. The molecule has 0 aromatic carbocycles. The van der Waals surface area contributed by atoms with E-state index in [9.17, 15) is 30.8 Å². The summed E-state index contributed by atoms with van der Waals surface area (Å²) in [6, 6.07) is 0. The molecule has 4 aliphatic carbocycles. The highest BCUT2D eigenvalue weighted by atomic mass is 32.2. The molecule has 0 aromatic rings. The van der Waals surface area contributed by atoms with Crippen LogP contribution in [0.15, 0.2) is 12.2 Å². The van der Waals surface area contributed by atoms with Gasteiger partial charge in [-0.3, -0.25) is 4.55 Å². The Labute approximate surface area is 177 Å². The zero-order chi connectivity index (χ0) is 23.1. The molecular formula is C19H26F4O7S. The zero-order valence-electron chi connectivity index (χ0n) is 16.8. The highest BCUT2D eigenvalue weighted by Crippen LogP contribution is 2.57. The van der Waals surface area contributed by atoms with Crippen LogP contribution in [0.1, 0.15) is 44.9 Å². The average molecular weight is 474 g/mol. The van der Waals surface area contributed by atoms with Crippen molar-refractivity contribution < 1.29 is 49.5 Å². The molecule has 12 heteroatoms. The minimum absolute atomic E-state index is 0.237. The number of halogens is 4. The standard InChI is InChI=1S/C19H26F4O7S/c1-12(10-28-3-2-18(20,21)19(22,23)31(25,26)27)16(24)29-11-30-17-7-13-4-14(8-17)6-15(5-13)9-17/h13-15H,1-11H2,(H,25,26,27). The molecule has 0 spiro atoms. The summed E-state index contributed by atoms with van der Waals surface area (Å²) in [5.74, 6) is -3.99. The first-order chi connectivity index (χ1) is 14.2. The molecule has 0 amide bonds. The molecular weight excluding hydrogens is 448 g/mol. The number of carbonyl (C=O) groups excluding carboxylic acids is 1. The molecule has 7 nitrogen and oxygen atoms in total. The van der Waals surface area contributed by atoms with E-state index in [2.05, 4.69) is 6.58 Å². The van der Waals surface area contributed by atoms with Gasteiger partial charge in [0.05, 0.1) is 24.4 Å². The predicted octanol–water partition coefficient (Wildman–Crippen LogP) is 3.55. The summed E-state index contributed by atoms with van der Waals surface area (Å²) < 4.78 is 97.6. The number of carbonyl (C=O) groups is 1. The first-order valence-electron chi connectivity index (χ1n) is 10.0. The molecule has 0 aromatic heterocycles. The van der Waals surface area contributed by atoms with Gasteiger partial charge in [-0.25, -0.2) is 4.79 Å². The maximum absolute atomic E-state index is 13.4. The van der Waals surface area contributed by atoms with E-state index in [0.29, 0.717) is 17.8 Å². The molecule has 0 heterocycles. The Kier molecular flexibility index (Phi) is 6.77. The van der Waals surface area contributed by atoms with Crippen molar-refractivity contribution in [1.82, 2.24) is 0 Å². The molecule has 178 valence electrons. The summed E-state index contributed by atoms with van der Waals surface area (Å²) in [5, 5.41) is -5.66. The van der Waals surface area contributed by atoms with Gasteiger partial charge in [-0.15, -0.1) is 0 Å². The molecule has 4 saturated carbocycles. The van der Waals surface area contributed by atoms with Gasteiger partial charge in [0.25, 0.3) is 0 Å². The fourth-order valence-corrected chi connectivity index (χ4v) is 5.79. The van der Waals surface area contributed by atoms with Crippen LogP contribution in [0.4, 0.5) is 17.6 Å². The third-order valence-corrected chi connectivity index (χ3v) is 7.36. The first kappa shape index (κ1) is 24.4. The third-order valence-electron chi connectivity index (χ3n) is 6.41. The number of rotatable bonds is 11. The van der Waals surface area contributed by atoms with Gasteiger partial charge >= 0.3 is 27.3 Å². The van der Waals surface area contributed by atoms with Crippen molar-refractivity contribution in [2.45, 2.75) is 61.7 Å². The number of hydrogen-bond acceptors (Lipinski definition) is 6. The second-order valence-electron chi connectivity index (χ2n) is 8.90. The van der Waals surface area contributed by atoms with Crippen LogP contribution in [0.3, 0.4) is 0 Å². The largest absolute Gasteiger partial charge is 0.435 e. The molecule has 0 saturated heterocycles. The summed E-state index contributed by atoms with van der Waals surface area (Å²) in [6.45, 7) is 1.53. The quantitative estimate of drug-likeness (QED) is 0.122. The van der Waals surface area contributed by atoms with Gasteiger partial charge in [0, 0.05) is 6.42 Å². The summed E-state index contributed by atoms with van der Waals surface area (Å²) in [5.41, 5.74) is -0.504. The van der Waals surface area contributed by atoms with Crippen LogP contribution in [0, 0.1) is 17.8 Å². The van der Waals surface area contributed by atoms with Crippen molar-refractivity contribution in [1.29, 1.82) is 0 Å². The van der Waals surface area contributed by atoms with Crippen LogP contribution in [0.2, 0.25) is 0 Å². The van der Waals surface area contributed by atoms with E-state index in [1.54, 1.807) is 0 Å². The topological polar surface area (TPSA) is 99.1 Å². The Balaban J connectivity index is 1.36. The van der Waals surface area contributed by atoms with Gasteiger partial charge in [0.2, 0.25) is 0 Å². The van der Waals surface area contributed by atoms with E-state index in [-0.39, 0.29) is 18.0 Å². The molecule has 1 N–H and O–H groups in total. The lowest BCUT2D eigenvalue weighted by Crippen LogP contribution is -2.52. The maximum atomic E-state index is 13.4. The summed E-state index contributed by atoms with van der Waals surface area (Å²) in [6.07, 6.45) is 4.83. The number of esters is 1. The van der Waals surface area contributed by atoms with E-state index in [1.807, 2.05) is 0 Å². The SMILES string of the molecule is C=C(COCCC(F)(F)C(F)(F)S(=O)(=O)O)C(=O)OCOC12CC3CC(CC(C3)C1)C2. The van der Waals surface area contributed by atoms with Crippen molar-refractivity contribution in [2.24, 2.45) is 17.8 Å². The Morgan fingerprint density at radius 2 is 1.58 bits per heavy atom. The van der Waals surface area contributed by atoms with E-state index < -0.39 is 46.9 Å². The summed E-state index contributed by atoms with van der Waals surface area (Å²) >= 11 is 0. The third kappa shape index (κ3) is 5.23. The number of alkyl halides is 4. The van der Waals surface area contributed by atoms with Crippen molar-refractivity contribution in [2.75, 3.05) is 20.0 Å². The van der Waals surface area contributed by atoms with Gasteiger partial charge in [0.15, 0.2) is 6.79 Å². The molecule has 4 aliphatic rings. The van der Waals surface area contributed by atoms with Crippen LogP contribution in [0.25, 0.3) is 0 Å². The van der Waals surface area contributed by atoms with Crippen LogP contribution >= 0.6 is 0 Å². The molecule has 0 unspecified atom stereocenters. The van der Waals surface area contributed by atoms with Crippen molar-refractivity contribution >= 4 is 16.1 Å². The predicted molar refractivity (Wildman–Crippen MR) is 99.0 cm³/mol. The van der Waals surface area contributed by atoms with E-state index in [1.165, 1.54) is 19.3 Å². The highest BCUT2D eigenvalue weighted by molar-refractivity contribution is 7.87. The molecule has 0 aliphatic heterocycles. The van der Waals surface area contributed by atoms with Crippen LogP contribution in [-0.2, 0) is 29.1 Å². The summed E-state index contributed by atoms with van der Waals surface area (Å²) in [4.78, 5) is 11.9. The van der Waals surface area contributed by atoms with E-state index >= 15 is 0 Å². The Morgan fingerprint density at radius 1 is 1.06 bits per heavy atom. The van der Waals surface area contributed by atoms with Gasteiger partial charge in [0.1, 0.15) is 0 Å². The van der Waals surface area contributed by atoms with Crippen LogP contribution in [0.5, 0.6) is 0 Å². The average Bonchev–Trinajstić information content (AvgIpc) is 2.62. The van der Waals surface area contributed by atoms with Crippen molar-refractivity contribution in [3.63, 3.8) is 0 Å². The second-order valence-corrected chi connectivity index (χ2v) is 10.4. The molecule has 4 rings (SSSR count). The maximum Gasteiger partial charge on any atom is 0.431 e. The lowest BCUT2D eigenvalue weighted by Gasteiger charge is -2.56. The smallest absolute Gasteiger partial charge is 0.431 e. The Morgan fingerprint density at radius 3 is 2.06 bits per heavy atom. The molecule has 31 heavy (non-hydrogen) atoms. The fourth-order valence-electron chi connectivity index (χ4n) is 5.31. The first-order valence-corrected chi connectivity index (χ1v) is 11.5. The molecule has 0 atom stereocenters. The highest BCUT2D eigenvalue weighted by Gasteiger charge is 2.65. The monoisotopic (exact) mass is 474 g/mol. The molecule has 4 bridgehead atoms. The van der Waals surface area contributed by atoms with E-state index in [4.69, 9.17) is 18.8 Å². The minimum atomic E-state index is -6.30. The fraction of sp³-hybridized carbons (Fsp3) is 0.842. The van der Waals surface area contributed by atoms with Gasteiger partial charge in [-0.1, -0.05) is 6.58 Å². The van der Waals surface area contributed by atoms with Gasteiger partial charge in [-0.05, 0) is 56.3 Å². The normalized spacial score (nSPS) is 30.4. The Bertz CT molecular complexity index is 777. The van der Waals surface area contributed by atoms with E-state index in [0.717, 1.165) is 19.3 Å². The van der Waals surface area contributed by atoms with Gasteiger partial charge in [-0.2, -0.15) is 26.0 Å². The Hall–Kier alpha value is -1.24. The second kappa shape index (κ2) is 8.60. The molecule has 0 radical (unpaired) electrons. The van der Waals surface area contributed by atoms with Crippen LogP contribution in [-0.4, -0.2) is 55.7 Å². The number of hydrogen-bond donors (Lipinski definition) is 1. The summed E-state index contributed by atoms with van der Waals surface area (Å²) in [7, 11) is -6.30. The zero-order valence-corrected chi connectivity index (χ0v) is 17.6. The minimum Gasteiger partial charge on any atom is -0.435 e. The lowest BCUT2D eigenvalue weighted by molar-refractivity contribution is -0.208. The van der Waals surface area contributed by atoms with Crippen molar-refractivity contribution in [3.8, 4) is 0 Å². The van der Waals surface area contributed by atoms with Crippen molar-refractivity contribution in [3.05, 3.63) is 12.2 Å². The van der Waals surface area contributed by atoms with Gasteiger partial charge < -0.3 is 14.2 Å². The lowest BCUT2D eigenvalue weighted by atomic mass is 9.54.